The number of ether oxygens (including phenoxy) is 2. The van der Waals surface area contributed by atoms with Gasteiger partial charge in [0.15, 0.2) is 6.61 Å². The molecule has 0 aliphatic rings. The molecule has 1 aromatic rings. The summed E-state index contributed by atoms with van der Waals surface area (Å²) in [6, 6.07) is 3.69. The number of carbonyl (C=O) groups excluding carboxylic acids is 1. The Labute approximate surface area is 112 Å². The quantitative estimate of drug-likeness (QED) is 0.652. The van der Waals surface area contributed by atoms with E-state index in [0.717, 1.165) is 16.7 Å². The van der Waals surface area contributed by atoms with Gasteiger partial charge in [0.25, 0.3) is 0 Å². The number of esters is 1. The van der Waals surface area contributed by atoms with Crippen LogP contribution in [0.3, 0.4) is 0 Å². The van der Waals surface area contributed by atoms with E-state index in [2.05, 4.69) is 0 Å². The fraction of sp³-hybridized carbons (Fsp3) is 0.385. The van der Waals surface area contributed by atoms with Crippen molar-refractivity contribution < 1.29 is 14.3 Å². The lowest BCUT2D eigenvalue weighted by Crippen LogP contribution is -2.16. The summed E-state index contributed by atoms with van der Waals surface area (Å²) < 4.78 is 10.3. The smallest absolute Gasteiger partial charge is 0.344 e. The minimum atomic E-state index is -0.380. The van der Waals surface area contributed by atoms with Crippen molar-refractivity contribution in [3.8, 4) is 5.75 Å². The molecular formula is C13H17NO3S. The fourth-order valence-electron chi connectivity index (χ4n) is 1.65. The molecule has 0 spiro atoms. The highest BCUT2D eigenvalue weighted by atomic mass is 32.1. The number of thiocarbonyl (C=S) groups is 1. The summed E-state index contributed by atoms with van der Waals surface area (Å²) in [5, 5.41) is 0. The van der Waals surface area contributed by atoms with Gasteiger partial charge in [0, 0.05) is 5.56 Å². The Bertz CT molecular complexity index is 448. The summed E-state index contributed by atoms with van der Waals surface area (Å²) in [4.78, 5) is 11.6. The van der Waals surface area contributed by atoms with Crippen molar-refractivity contribution in [1.82, 2.24) is 0 Å². The van der Waals surface area contributed by atoms with Crippen molar-refractivity contribution in [3.05, 3.63) is 28.8 Å². The molecule has 2 N–H and O–H groups in total. The molecule has 0 atom stereocenters. The van der Waals surface area contributed by atoms with Crippen LogP contribution in [0, 0.1) is 13.8 Å². The average Bonchev–Trinajstić information content (AvgIpc) is 2.27. The van der Waals surface area contributed by atoms with Gasteiger partial charge in [-0.1, -0.05) is 12.2 Å². The van der Waals surface area contributed by atoms with Crippen molar-refractivity contribution in [2.45, 2.75) is 20.8 Å². The highest BCUT2D eigenvalue weighted by Gasteiger charge is 2.10. The normalized spacial score (nSPS) is 9.94. The number of hydrogen-bond donors (Lipinski definition) is 1. The third kappa shape index (κ3) is 3.70. The summed E-state index contributed by atoms with van der Waals surface area (Å²) in [7, 11) is 0. The lowest BCUT2D eigenvalue weighted by molar-refractivity contribution is -0.145. The zero-order valence-corrected chi connectivity index (χ0v) is 11.6. The van der Waals surface area contributed by atoms with Gasteiger partial charge in [-0.25, -0.2) is 4.79 Å². The summed E-state index contributed by atoms with van der Waals surface area (Å²) >= 11 is 4.93. The van der Waals surface area contributed by atoms with Gasteiger partial charge in [0.1, 0.15) is 10.7 Å². The van der Waals surface area contributed by atoms with Gasteiger partial charge in [-0.05, 0) is 44.0 Å². The van der Waals surface area contributed by atoms with E-state index >= 15 is 0 Å². The van der Waals surface area contributed by atoms with Crippen LogP contribution in [0.2, 0.25) is 0 Å². The van der Waals surface area contributed by atoms with E-state index in [-0.39, 0.29) is 12.6 Å². The average molecular weight is 267 g/mol. The van der Waals surface area contributed by atoms with Crippen molar-refractivity contribution in [3.63, 3.8) is 0 Å². The van der Waals surface area contributed by atoms with Crippen molar-refractivity contribution in [1.29, 1.82) is 0 Å². The molecule has 98 valence electrons. The fourth-order valence-corrected chi connectivity index (χ4v) is 1.77. The highest BCUT2D eigenvalue weighted by molar-refractivity contribution is 7.80. The molecule has 1 rings (SSSR count). The maximum atomic E-state index is 11.2. The number of rotatable bonds is 5. The Hall–Kier alpha value is -1.62. The van der Waals surface area contributed by atoms with E-state index in [9.17, 15) is 4.79 Å². The maximum absolute atomic E-state index is 11.2. The SMILES string of the molecule is CCOC(=O)COc1c(C)cc(C(N)=S)cc1C. The van der Waals surface area contributed by atoms with Crippen LogP contribution in [0.4, 0.5) is 0 Å². The van der Waals surface area contributed by atoms with E-state index in [1.165, 1.54) is 0 Å². The third-order valence-electron chi connectivity index (χ3n) is 2.38. The van der Waals surface area contributed by atoms with Crippen LogP contribution >= 0.6 is 12.2 Å². The Morgan fingerprint density at radius 3 is 2.33 bits per heavy atom. The maximum Gasteiger partial charge on any atom is 0.344 e. The number of nitrogens with two attached hydrogens (primary N) is 1. The molecule has 18 heavy (non-hydrogen) atoms. The minimum absolute atomic E-state index is 0.0953. The second kappa shape index (κ2) is 6.35. The molecule has 0 aromatic heterocycles. The lowest BCUT2D eigenvalue weighted by atomic mass is 10.1. The lowest BCUT2D eigenvalue weighted by Gasteiger charge is -2.13. The number of carbonyl (C=O) groups is 1. The Kier molecular flexibility index (Phi) is 5.09. The Morgan fingerprint density at radius 1 is 1.33 bits per heavy atom. The van der Waals surface area contributed by atoms with Crippen molar-refractivity contribution in [2.24, 2.45) is 5.73 Å². The van der Waals surface area contributed by atoms with Gasteiger partial charge in [0.2, 0.25) is 0 Å². The van der Waals surface area contributed by atoms with Gasteiger partial charge in [-0.2, -0.15) is 0 Å². The van der Waals surface area contributed by atoms with Crippen LogP contribution in [-0.4, -0.2) is 24.2 Å². The zero-order valence-electron chi connectivity index (χ0n) is 10.8. The molecule has 0 bridgehead atoms. The number of benzene rings is 1. The third-order valence-corrected chi connectivity index (χ3v) is 2.62. The summed E-state index contributed by atoms with van der Waals surface area (Å²) in [6.07, 6.45) is 0. The summed E-state index contributed by atoms with van der Waals surface area (Å²) in [5.74, 6) is 0.290. The molecule has 0 saturated carbocycles. The first kappa shape index (κ1) is 14.4. The van der Waals surface area contributed by atoms with Crippen LogP contribution < -0.4 is 10.5 Å². The van der Waals surface area contributed by atoms with Crippen LogP contribution in [0.5, 0.6) is 5.75 Å². The van der Waals surface area contributed by atoms with E-state index in [4.69, 9.17) is 27.4 Å². The number of hydrogen-bond acceptors (Lipinski definition) is 4. The van der Waals surface area contributed by atoms with E-state index in [1.807, 2.05) is 26.0 Å². The molecule has 4 nitrogen and oxygen atoms in total. The van der Waals surface area contributed by atoms with Gasteiger partial charge in [0.05, 0.1) is 6.61 Å². The second-order valence-corrected chi connectivity index (χ2v) is 4.34. The molecule has 0 radical (unpaired) electrons. The van der Waals surface area contributed by atoms with Crippen LogP contribution in [0.25, 0.3) is 0 Å². The molecule has 0 unspecified atom stereocenters. The van der Waals surface area contributed by atoms with Gasteiger partial charge < -0.3 is 15.2 Å². The molecule has 1 aromatic carbocycles. The molecule has 0 fully saturated rings. The van der Waals surface area contributed by atoms with Crippen LogP contribution in [0.1, 0.15) is 23.6 Å². The first-order chi connectivity index (χ1) is 8.45. The van der Waals surface area contributed by atoms with E-state index in [0.29, 0.717) is 17.3 Å². The second-order valence-electron chi connectivity index (χ2n) is 3.90. The first-order valence-electron chi connectivity index (χ1n) is 5.65. The molecule has 0 aliphatic carbocycles. The van der Waals surface area contributed by atoms with E-state index in [1.54, 1.807) is 6.92 Å². The predicted molar refractivity (Wildman–Crippen MR) is 73.9 cm³/mol. The minimum Gasteiger partial charge on any atom is -0.481 e. The van der Waals surface area contributed by atoms with Crippen LogP contribution in [0.15, 0.2) is 12.1 Å². The monoisotopic (exact) mass is 267 g/mol. The summed E-state index contributed by atoms with van der Waals surface area (Å²) in [5.41, 5.74) is 8.16. The molecular weight excluding hydrogens is 250 g/mol. The topological polar surface area (TPSA) is 61.5 Å². The van der Waals surface area contributed by atoms with Gasteiger partial charge in [-0.3, -0.25) is 0 Å². The first-order valence-corrected chi connectivity index (χ1v) is 6.06. The molecule has 0 amide bonds. The Morgan fingerprint density at radius 2 is 1.89 bits per heavy atom. The number of aryl methyl sites for hydroxylation is 2. The largest absolute Gasteiger partial charge is 0.481 e. The Balaban J connectivity index is 2.84. The van der Waals surface area contributed by atoms with Crippen LogP contribution in [-0.2, 0) is 9.53 Å². The summed E-state index contributed by atoms with van der Waals surface area (Å²) in [6.45, 7) is 5.78. The van der Waals surface area contributed by atoms with Gasteiger partial charge >= 0.3 is 5.97 Å². The molecule has 0 aliphatic heterocycles. The standard InChI is InChI=1S/C13H17NO3S/c1-4-16-11(15)7-17-12-8(2)5-10(13(14)18)6-9(12)3/h5-6H,4,7H2,1-3H3,(H2,14,18). The van der Waals surface area contributed by atoms with Gasteiger partial charge in [-0.15, -0.1) is 0 Å². The van der Waals surface area contributed by atoms with E-state index < -0.39 is 0 Å². The molecule has 0 saturated heterocycles. The van der Waals surface area contributed by atoms with Crippen molar-refractivity contribution in [2.75, 3.05) is 13.2 Å². The predicted octanol–water partition coefficient (Wildman–Crippen LogP) is 1.88. The molecule has 5 heteroatoms. The molecule has 0 heterocycles. The highest BCUT2D eigenvalue weighted by Crippen LogP contribution is 2.24. The van der Waals surface area contributed by atoms with Crippen molar-refractivity contribution >= 4 is 23.2 Å². The zero-order chi connectivity index (χ0) is 13.7.